The lowest BCUT2D eigenvalue weighted by Gasteiger charge is -2.38. The van der Waals surface area contributed by atoms with Crippen molar-refractivity contribution in [3.05, 3.63) is 95.1 Å². The first kappa shape index (κ1) is 16.9. The number of hydrogen-bond donors (Lipinski definition) is 0. The van der Waals surface area contributed by atoms with Crippen LogP contribution in [0.2, 0.25) is 0 Å². The van der Waals surface area contributed by atoms with Gasteiger partial charge in [-0.1, -0.05) is 48.0 Å². The Morgan fingerprint density at radius 2 is 1.71 bits per heavy atom. The minimum absolute atomic E-state index is 0.174. The maximum absolute atomic E-state index is 6.39. The Kier molecular flexibility index (Phi) is 4.05. The summed E-state index contributed by atoms with van der Waals surface area (Å²) in [5, 5.41) is 7.11. The molecule has 2 aliphatic rings. The molecule has 0 bridgehead atoms. The largest absolute Gasteiger partial charge is 0.497 e. The van der Waals surface area contributed by atoms with Gasteiger partial charge in [0.25, 0.3) is 0 Å². The third-order valence-electron chi connectivity index (χ3n) is 5.48. The zero-order valence-corrected chi connectivity index (χ0v) is 16.0. The van der Waals surface area contributed by atoms with Gasteiger partial charge in [0.05, 0.1) is 18.9 Å². The maximum Gasteiger partial charge on any atom is 0.213 e. The minimum Gasteiger partial charge on any atom is -0.497 e. The van der Waals surface area contributed by atoms with Crippen molar-refractivity contribution >= 4 is 5.71 Å². The fraction of sp³-hybridized carbons (Fsp3) is 0.208. The Hall–Kier alpha value is -3.27. The van der Waals surface area contributed by atoms with Crippen LogP contribution in [0, 0.1) is 6.92 Å². The molecule has 3 aromatic rings. The summed E-state index contributed by atoms with van der Waals surface area (Å²) in [7, 11) is 1.68. The van der Waals surface area contributed by atoms with Crippen molar-refractivity contribution in [2.75, 3.05) is 7.11 Å². The van der Waals surface area contributed by atoms with E-state index in [9.17, 15) is 0 Å². The molecule has 0 aliphatic carbocycles. The number of rotatable bonds is 3. The SMILES string of the molecule is COc1ccc([C@H]2Oc3ccccc3[C@H]3CC(c4ccc(C)cc4)=NN32)cc1. The van der Waals surface area contributed by atoms with Crippen LogP contribution in [0.1, 0.15) is 40.9 Å². The monoisotopic (exact) mass is 370 g/mol. The summed E-state index contributed by atoms with van der Waals surface area (Å²) in [5.41, 5.74) is 5.78. The van der Waals surface area contributed by atoms with Crippen LogP contribution in [0.3, 0.4) is 0 Å². The Morgan fingerprint density at radius 3 is 2.46 bits per heavy atom. The van der Waals surface area contributed by atoms with E-state index in [1.165, 1.54) is 16.7 Å². The van der Waals surface area contributed by atoms with Crippen LogP contribution >= 0.6 is 0 Å². The zero-order chi connectivity index (χ0) is 19.1. The predicted octanol–water partition coefficient (Wildman–Crippen LogP) is 5.25. The van der Waals surface area contributed by atoms with E-state index in [4.69, 9.17) is 14.6 Å². The maximum atomic E-state index is 6.39. The first-order valence-corrected chi connectivity index (χ1v) is 9.55. The van der Waals surface area contributed by atoms with E-state index in [-0.39, 0.29) is 12.3 Å². The molecule has 0 fully saturated rings. The van der Waals surface area contributed by atoms with Crippen molar-refractivity contribution in [2.24, 2.45) is 5.10 Å². The molecule has 0 radical (unpaired) electrons. The van der Waals surface area contributed by atoms with E-state index in [0.29, 0.717) is 0 Å². The van der Waals surface area contributed by atoms with Gasteiger partial charge in [-0.3, -0.25) is 0 Å². The Bertz CT molecular complexity index is 1030. The van der Waals surface area contributed by atoms with Gasteiger partial charge in [0.1, 0.15) is 11.5 Å². The van der Waals surface area contributed by atoms with Gasteiger partial charge in [-0.25, -0.2) is 5.01 Å². The van der Waals surface area contributed by atoms with E-state index in [1.807, 2.05) is 36.4 Å². The van der Waals surface area contributed by atoms with E-state index in [2.05, 4.69) is 48.3 Å². The zero-order valence-electron chi connectivity index (χ0n) is 16.0. The van der Waals surface area contributed by atoms with Crippen molar-refractivity contribution in [2.45, 2.75) is 25.6 Å². The number of hydrazone groups is 1. The highest BCUT2D eigenvalue weighted by atomic mass is 16.5. The van der Waals surface area contributed by atoms with Gasteiger partial charge < -0.3 is 9.47 Å². The van der Waals surface area contributed by atoms with E-state index < -0.39 is 0 Å². The highest BCUT2D eigenvalue weighted by molar-refractivity contribution is 6.02. The number of para-hydroxylation sites is 1. The van der Waals surface area contributed by atoms with E-state index in [1.54, 1.807) is 7.11 Å². The molecule has 0 amide bonds. The van der Waals surface area contributed by atoms with Crippen LogP contribution in [0.5, 0.6) is 11.5 Å². The average molecular weight is 370 g/mol. The molecule has 2 heterocycles. The summed E-state index contributed by atoms with van der Waals surface area (Å²) in [6.45, 7) is 2.10. The second-order valence-corrected chi connectivity index (χ2v) is 7.29. The van der Waals surface area contributed by atoms with Crippen LogP contribution in [0.25, 0.3) is 0 Å². The third-order valence-corrected chi connectivity index (χ3v) is 5.48. The van der Waals surface area contributed by atoms with Crippen molar-refractivity contribution in [3.8, 4) is 11.5 Å². The predicted molar refractivity (Wildman–Crippen MR) is 110 cm³/mol. The Labute approximate surface area is 165 Å². The van der Waals surface area contributed by atoms with Gasteiger partial charge >= 0.3 is 0 Å². The number of fused-ring (bicyclic) bond motifs is 3. The molecule has 0 N–H and O–H groups in total. The number of aryl methyl sites for hydroxylation is 1. The summed E-state index contributed by atoms with van der Waals surface area (Å²) >= 11 is 0. The van der Waals surface area contributed by atoms with Gasteiger partial charge in [0.15, 0.2) is 0 Å². The lowest BCUT2D eigenvalue weighted by atomic mass is 9.95. The van der Waals surface area contributed by atoms with Gasteiger partial charge in [-0.15, -0.1) is 0 Å². The molecule has 2 atom stereocenters. The molecule has 0 spiro atoms. The topological polar surface area (TPSA) is 34.1 Å². The number of ether oxygens (including phenoxy) is 2. The molecule has 4 heteroatoms. The Morgan fingerprint density at radius 1 is 0.964 bits per heavy atom. The van der Waals surface area contributed by atoms with Crippen molar-refractivity contribution in [1.82, 2.24) is 5.01 Å². The second kappa shape index (κ2) is 6.71. The molecule has 140 valence electrons. The van der Waals surface area contributed by atoms with Crippen molar-refractivity contribution in [1.29, 1.82) is 0 Å². The quantitative estimate of drug-likeness (QED) is 0.632. The molecule has 0 saturated heterocycles. The molecular formula is C24H22N2O2. The van der Waals surface area contributed by atoms with Crippen LogP contribution < -0.4 is 9.47 Å². The molecule has 0 saturated carbocycles. The summed E-state index contributed by atoms with van der Waals surface area (Å²) < 4.78 is 11.7. The molecule has 2 aliphatic heterocycles. The molecule has 0 unspecified atom stereocenters. The molecule has 3 aromatic carbocycles. The lowest BCUT2D eigenvalue weighted by Crippen LogP contribution is -2.33. The normalized spacial score (nSPS) is 20.1. The smallest absolute Gasteiger partial charge is 0.213 e. The highest BCUT2D eigenvalue weighted by Crippen LogP contribution is 2.47. The first-order valence-electron chi connectivity index (χ1n) is 9.55. The second-order valence-electron chi connectivity index (χ2n) is 7.29. The minimum atomic E-state index is -0.256. The lowest BCUT2D eigenvalue weighted by molar-refractivity contribution is -0.0190. The number of hydrogen-bond acceptors (Lipinski definition) is 4. The van der Waals surface area contributed by atoms with Gasteiger partial charge in [0, 0.05) is 17.5 Å². The van der Waals surface area contributed by atoms with Crippen molar-refractivity contribution < 1.29 is 9.47 Å². The summed E-state index contributed by atoms with van der Waals surface area (Å²) in [6.07, 6.45) is 0.615. The van der Waals surface area contributed by atoms with Gasteiger partial charge in [-0.2, -0.15) is 5.10 Å². The number of benzene rings is 3. The number of nitrogens with zero attached hydrogens (tertiary/aromatic N) is 2. The fourth-order valence-electron chi connectivity index (χ4n) is 3.94. The molecule has 5 rings (SSSR count). The Balaban J connectivity index is 1.56. The molecule has 0 aromatic heterocycles. The summed E-state index contributed by atoms with van der Waals surface area (Å²) in [5.74, 6) is 1.77. The first-order chi connectivity index (χ1) is 13.7. The summed E-state index contributed by atoms with van der Waals surface area (Å²) in [6, 6.07) is 25.1. The van der Waals surface area contributed by atoms with E-state index in [0.717, 1.165) is 29.2 Å². The molecule has 4 nitrogen and oxygen atoms in total. The van der Waals surface area contributed by atoms with E-state index >= 15 is 0 Å². The standard InChI is InChI=1S/C24H22N2O2/c1-16-7-9-17(10-8-16)21-15-22-20-5-3-4-6-23(20)28-24(26(22)25-21)18-11-13-19(27-2)14-12-18/h3-14,22,24H,15H2,1-2H3/t22-,24-/m1/s1. The van der Waals surface area contributed by atoms with Crippen LogP contribution in [0.15, 0.2) is 77.9 Å². The van der Waals surface area contributed by atoms with Crippen molar-refractivity contribution in [3.63, 3.8) is 0 Å². The van der Waals surface area contributed by atoms with Gasteiger partial charge in [0.2, 0.25) is 6.23 Å². The fourth-order valence-corrected chi connectivity index (χ4v) is 3.94. The third kappa shape index (κ3) is 2.82. The molecule has 28 heavy (non-hydrogen) atoms. The van der Waals surface area contributed by atoms with Gasteiger partial charge in [-0.05, 0) is 42.8 Å². The number of methoxy groups -OCH3 is 1. The van der Waals surface area contributed by atoms with Crippen LogP contribution in [-0.4, -0.2) is 17.8 Å². The van der Waals surface area contributed by atoms with Crippen LogP contribution in [-0.2, 0) is 0 Å². The highest BCUT2D eigenvalue weighted by Gasteiger charge is 2.40. The summed E-state index contributed by atoms with van der Waals surface area (Å²) in [4.78, 5) is 0. The molecular weight excluding hydrogens is 348 g/mol. The average Bonchev–Trinajstić information content (AvgIpc) is 3.19. The van der Waals surface area contributed by atoms with Crippen LogP contribution in [0.4, 0.5) is 0 Å².